The summed E-state index contributed by atoms with van der Waals surface area (Å²) in [4.78, 5) is 18.8. The molecule has 0 radical (unpaired) electrons. The number of hydrogen-bond acceptors (Lipinski definition) is 10. The number of halogens is 1. The minimum atomic E-state index is -4.05. The van der Waals surface area contributed by atoms with Gasteiger partial charge in [0, 0.05) is 42.8 Å². The lowest BCUT2D eigenvalue weighted by Gasteiger charge is -2.44. The molecule has 0 saturated heterocycles. The van der Waals surface area contributed by atoms with Crippen molar-refractivity contribution in [2.45, 2.75) is 61.9 Å². The van der Waals surface area contributed by atoms with E-state index in [0.29, 0.717) is 49.3 Å². The molecule has 2 heterocycles. The highest BCUT2D eigenvalue weighted by molar-refractivity contribution is 7.89. The topological polar surface area (TPSA) is 117 Å². The van der Waals surface area contributed by atoms with Crippen molar-refractivity contribution in [3.8, 4) is 23.0 Å². The predicted molar refractivity (Wildman–Crippen MR) is 234 cm³/mol. The van der Waals surface area contributed by atoms with Gasteiger partial charge < -0.3 is 28.6 Å². The molecule has 1 spiro atoms. The average molecular weight is 866 g/mol. The number of anilines is 1. The first-order valence-corrected chi connectivity index (χ1v) is 22.6. The Morgan fingerprint density at radius 3 is 2.21 bits per heavy atom. The zero-order chi connectivity index (χ0) is 42.6. The maximum Gasteiger partial charge on any atom is 0.310 e. The Bertz CT molecular complexity index is 2400. The van der Waals surface area contributed by atoms with Crippen molar-refractivity contribution in [1.29, 1.82) is 0 Å². The zero-order valence-electron chi connectivity index (χ0n) is 34.8. The Labute approximate surface area is 363 Å². The first-order chi connectivity index (χ1) is 29.5. The van der Waals surface area contributed by atoms with Crippen LogP contribution in [-0.4, -0.2) is 71.3 Å². The lowest BCUT2D eigenvalue weighted by Crippen LogP contribution is -2.49. The van der Waals surface area contributed by atoms with E-state index in [0.717, 1.165) is 59.5 Å². The largest absolute Gasteiger partial charge is 0.497 e. The first-order valence-electron chi connectivity index (χ1n) is 20.8. The molecule has 1 aliphatic heterocycles. The Balaban J connectivity index is 1.11. The van der Waals surface area contributed by atoms with Gasteiger partial charge in [0.05, 0.1) is 57.7 Å². The number of ether oxygens (including phenoxy) is 5. The summed E-state index contributed by atoms with van der Waals surface area (Å²) >= 11 is 6.53. The summed E-state index contributed by atoms with van der Waals surface area (Å²) < 4.78 is 60.1. The van der Waals surface area contributed by atoms with Gasteiger partial charge in [-0.3, -0.25) is 9.78 Å². The van der Waals surface area contributed by atoms with Crippen LogP contribution in [0.5, 0.6) is 23.0 Å². The number of fused-ring (bicyclic) bond motifs is 3. The van der Waals surface area contributed by atoms with Crippen molar-refractivity contribution in [1.82, 2.24) is 9.29 Å². The second kappa shape index (κ2) is 18.4. The van der Waals surface area contributed by atoms with Crippen LogP contribution >= 0.6 is 11.6 Å². The van der Waals surface area contributed by atoms with Gasteiger partial charge >= 0.3 is 5.97 Å². The number of carbonyl (C=O) groups is 1. The Hall–Kier alpha value is -5.30. The van der Waals surface area contributed by atoms with Crippen molar-refractivity contribution < 1.29 is 36.9 Å². The second-order valence-electron chi connectivity index (χ2n) is 16.4. The standard InChI is InChI=1S/C48H52ClN3O8S/c1-56-40-13-6-33(7-14-40)27-52(28-34-8-15-41(57-2)16-9-34)61(54,55)43-17-19-46-45(24-43)51(31-48(32-60-46)20-4-5-36-23-39(49)12-18-44(36)48)29-37-10-11-38(37)30-59-42-21-35(25-50-26-42)22-47(53)58-3/h6-9,12-19,21,23-26,37-38H,4-5,10-11,20,22,27-32H2,1-3H3/t37-,38-,48-/m0/s1. The van der Waals surface area contributed by atoms with Crippen LogP contribution in [0.2, 0.25) is 5.02 Å². The zero-order valence-corrected chi connectivity index (χ0v) is 36.4. The maximum atomic E-state index is 15.0. The van der Waals surface area contributed by atoms with Crippen molar-refractivity contribution in [2.24, 2.45) is 11.8 Å². The molecule has 8 rings (SSSR count). The van der Waals surface area contributed by atoms with E-state index in [1.807, 2.05) is 72.8 Å². The number of aromatic nitrogens is 1. The molecule has 0 unspecified atom stereocenters. The minimum absolute atomic E-state index is 0.124. The molecule has 5 aromatic rings. The molecule has 0 amide bonds. The molecule has 2 aliphatic carbocycles. The summed E-state index contributed by atoms with van der Waals surface area (Å²) in [6, 6.07) is 28.3. The third-order valence-electron chi connectivity index (χ3n) is 12.5. The Kier molecular flexibility index (Phi) is 12.8. The summed E-state index contributed by atoms with van der Waals surface area (Å²) in [6.45, 7) is 2.62. The van der Waals surface area contributed by atoms with E-state index in [2.05, 4.69) is 22.0 Å². The molecule has 3 aliphatic rings. The third-order valence-corrected chi connectivity index (χ3v) is 14.5. The highest BCUT2D eigenvalue weighted by Gasteiger charge is 2.44. The van der Waals surface area contributed by atoms with Crippen LogP contribution in [0.1, 0.15) is 53.5 Å². The Morgan fingerprint density at radius 1 is 0.852 bits per heavy atom. The highest BCUT2D eigenvalue weighted by atomic mass is 35.5. The smallest absolute Gasteiger partial charge is 0.310 e. The molecule has 0 N–H and O–H groups in total. The fourth-order valence-corrected chi connectivity index (χ4v) is 10.6. The van der Waals surface area contributed by atoms with E-state index in [9.17, 15) is 13.2 Å². The van der Waals surface area contributed by atoms with Gasteiger partial charge in [-0.1, -0.05) is 41.9 Å². The van der Waals surface area contributed by atoms with E-state index < -0.39 is 10.0 Å². The number of pyridine rings is 1. The van der Waals surface area contributed by atoms with Crippen LogP contribution in [-0.2, 0) is 50.9 Å². The maximum absolute atomic E-state index is 15.0. The molecular weight excluding hydrogens is 814 g/mol. The normalized spacial score (nSPS) is 19.5. The highest BCUT2D eigenvalue weighted by Crippen LogP contribution is 2.47. The van der Waals surface area contributed by atoms with Crippen LogP contribution < -0.4 is 23.8 Å². The van der Waals surface area contributed by atoms with Crippen LogP contribution in [0.15, 0.2) is 108 Å². The molecule has 13 heteroatoms. The summed E-state index contributed by atoms with van der Waals surface area (Å²) in [6.07, 6.45) is 8.33. The molecule has 1 aromatic heterocycles. The number of hydrogen-bond donors (Lipinski definition) is 0. The quantitative estimate of drug-likeness (QED) is 0.0950. The number of methoxy groups -OCH3 is 3. The van der Waals surface area contributed by atoms with Crippen LogP contribution in [0, 0.1) is 11.8 Å². The van der Waals surface area contributed by atoms with E-state index in [4.69, 9.17) is 35.3 Å². The van der Waals surface area contributed by atoms with Gasteiger partial charge in [0.1, 0.15) is 23.0 Å². The molecule has 1 saturated carbocycles. The molecule has 4 aromatic carbocycles. The van der Waals surface area contributed by atoms with E-state index in [1.54, 1.807) is 32.7 Å². The van der Waals surface area contributed by atoms with E-state index in [-0.39, 0.29) is 47.6 Å². The van der Waals surface area contributed by atoms with Gasteiger partial charge in [-0.2, -0.15) is 4.31 Å². The SMILES string of the molecule is COC(=O)Cc1cncc(OC[C@@H]2CC[C@H]2CN2C[C@@]3(CCCc4cc(Cl)ccc43)COc3ccc(S(=O)(=O)N(Cc4ccc(OC)cc4)Cc4ccc(OC)cc4)cc32)c1. The number of carbonyl (C=O) groups excluding carboxylic acids is 1. The monoisotopic (exact) mass is 865 g/mol. The van der Waals surface area contributed by atoms with Gasteiger partial charge in [0.15, 0.2) is 0 Å². The summed E-state index contributed by atoms with van der Waals surface area (Å²) in [5, 5.41) is 0.720. The van der Waals surface area contributed by atoms with Gasteiger partial charge in [-0.15, -0.1) is 0 Å². The van der Waals surface area contributed by atoms with Crippen molar-refractivity contribution in [3.05, 3.63) is 136 Å². The number of sulfonamides is 1. The van der Waals surface area contributed by atoms with Crippen LogP contribution in [0.4, 0.5) is 5.69 Å². The number of nitrogens with zero attached hydrogens (tertiary/aromatic N) is 3. The lowest BCUT2D eigenvalue weighted by atomic mass is 9.69. The third kappa shape index (κ3) is 9.46. The fourth-order valence-electron chi connectivity index (χ4n) is 8.96. The second-order valence-corrected chi connectivity index (χ2v) is 18.8. The van der Waals surface area contributed by atoms with Gasteiger partial charge in [-0.05, 0) is 132 Å². The van der Waals surface area contributed by atoms with Crippen molar-refractivity contribution >= 4 is 33.3 Å². The van der Waals surface area contributed by atoms with Gasteiger partial charge in [0.25, 0.3) is 0 Å². The molecule has 11 nitrogen and oxygen atoms in total. The van der Waals surface area contributed by atoms with Gasteiger partial charge in [-0.25, -0.2) is 8.42 Å². The van der Waals surface area contributed by atoms with Crippen LogP contribution in [0.25, 0.3) is 0 Å². The molecule has 0 bridgehead atoms. The van der Waals surface area contributed by atoms with Crippen LogP contribution in [0.3, 0.4) is 0 Å². The predicted octanol–water partition coefficient (Wildman–Crippen LogP) is 8.44. The first kappa shape index (κ1) is 42.4. The van der Waals surface area contributed by atoms with E-state index in [1.165, 1.54) is 22.5 Å². The van der Waals surface area contributed by atoms with Crippen molar-refractivity contribution in [3.63, 3.8) is 0 Å². The number of esters is 1. The average Bonchev–Trinajstić information content (AvgIpc) is 3.42. The lowest BCUT2D eigenvalue weighted by molar-refractivity contribution is -0.139. The van der Waals surface area contributed by atoms with E-state index >= 15 is 0 Å². The molecular formula is C48H52ClN3O8S. The Morgan fingerprint density at radius 2 is 1.56 bits per heavy atom. The molecule has 320 valence electrons. The molecule has 61 heavy (non-hydrogen) atoms. The molecule has 3 atom stereocenters. The number of benzene rings is 4. The summed E-state index contributed by atoms with van der Waals surface area (Å²) in [5.74, 6) is 2.88. The minimum Gasteiger partial charge on any atom is -0.497 e. The summed E-state index contributed by atoms with van der Waals surface area (Å²) in [7, 11) is 0.539. The fraction of sp³-hybridized carbons (Fsp3) is 0.375. The van der Waals surface area contributed by atoms with Gasteiger partial charge in [0.2, 0.25) is 10.0 Å². The molecule has 1 fully saturated rings. The van der Waals surface area contributed by atoms with Crippen molar-refractivity contribution in [2.75, 3.05) is 52.5 Å². The number of aryl methyl sites for hydroxylation is 1. The number of rotatable bonds is 15. The summed E-state index contributed by atoms with van der Waals surface area (Å²) in [5.41, 5.74) is 5.31.